The highest BCUT2D eigenvalue weighted by Crippen LogP contribution is 2.23. The maximum atomic E-state index is 6.08. The highest BCUT2D eigenvalue weighted by atomic mass is 35.5. The number of nitrogens with zero attached hydrogens (tertiary/aromatic N) is 3. The van der Waals surface area contributed by atoms with Gasteiger partial charge in [0, 0.05) is 11.4 Å². The lowest BCUT2D eigenvalue weighted by Gasteiger charge is -1.98. The van der Waals surface area contributed by atoms with Gasteiger partial charge in [0.05, 0.1) is 6.20 Å². The number of nitrogens with one attached hydrogen (secondary N) is 1. The fraction of sp³-hybridized carbons (Fsp3) is 0.0833. The van der Waals surface area contributed by atoms with Crippen LogP contribution in [0.3, 0.4) is 0 Å². The molecule has 0 aliphatic carbocycles. The van der Waals surface area contributed by atoms with E-state index in [0.29, 0.717) is 34.5 Å². The van der Waals surface area contributed by atoms with E-state index < -0.39 is 0 Å². The Kier molecular flexibility index (Phi) is 2.92. The first-order valence-electron chi connectivity index (χ1n) is 5.59. The molecule has 3 rings (SSSR count). The van der Waals surface area contributed by atoms with E-state index in [9.17, 15) is 0 Å². The van der Waals surface area contributed by atoms with Crippen LogP contribution < -0.4 is 5.73 Å². The quantitative estimate of drug-likeness (QED) is 0.765. The minimum absolute atomic E-state index is 0.341. The number of rotatable bonds is 3. The van der Waals surface area contributed by atoms with Gasteiger partial charge in [-0.2, -0.15) is 10.1 Å². The number of benzene rings is 1. The summed E-state index contributed by atoms with van der Waals surface area (Å²) in [4.78, 5) is 4.27. The molecule has 1 aromatic carbocycles. The van der Waals surface area contributed by atoms with Crippen molar-refractivity contribution in [3.63, 3.8) is 0 Å². The van der Waals surface area contributed by atoms with E-state index in [-0.39, 0.29) is 0 Å². The van der Waals surface area contributed by atoms with E-state index in [0.717, 1.165) is 5.56 Å². The average Bonchev–Trinajstić information content (AvgIpc) is 3.01. The van der Waals surface area contributed by atoms with Crippen molar-refractivity contribution in [1.29, 1.82) is 0 Å². The summed E-state index contributed by atoms with van der Waals surface area (Å²) in [6.45, 7) is 0. The molecule has 2 aromatic heterocycles. The van der Waals surface area contributed by atoms with E-state index in [1.807, 2.05) is 24.3 Å². The number of H-pyrrole nitrogens is 1. The summed E-state index contributed by atoms with van der Waals surface area (Å²) in [5.74, 6) is 1.28. The molecule has 0 spiro atoms. The molecule has 7 heteroatoms. The second-order valence-corrected chi connectivity index (χ2v) is 4.39. The van der Waals surface area contributed by atoms with Crippen LogP contribution in [0.15, 0.2) is 35.0 Å². The molecule has 2 heterocycles. The number of nitrogens with two attached hydrogens (primary N) is 1. The van der Waals surface area contributed by atoms with Gasteiger partial charge in [0.1, 0.15) is 11.4 Å². The second kappa shape index (κ2) is 4.74. The Balaban J connectivity index is 1.87. The zero-order valence-corrected chi connectivity index (χ0v) is 10.6. The van der Waals surface area contributed by atoms with Crippen LogP contribution in [0.25, 0.3) is 11.5 Å². The first-order chi connectivity index (χ1) is 9.24. The molecule has 19 heavy (non-hydrogen) atoms. The van der Waals surface area contributed by atoms with Crippen molar-refractivity contribution in [2.75, 3.05) is 5.73 Å². The number of hydrogen-bond acceptors (Lipinski definition) is 5. The molecule has 0 aliphatic rings. The van der Waals surface area contributed by atoms with E-state index in [4.69, 9.17) is 21.9 Å². The van der Waals surface area contributed by atoms with Crippen LogP contribution in [0.4, 0.5) is 5.82 Å². The van der Waals surface area contributed by atoms with Crippen molar-refractivity contribution in [3.05, 3.63) is 46.9 Å². The number of nitrogen functional groups attached to an aromatic ring is 1. The third kappa shape index (κ3) is 2.30. The van der Waals surface area contributed by atoms with Gasteiger partial charge in [0.25, 0.3) is 5.89 Å². The Morgan fingerprint density at radius 3 is 2.89 bits per heavy atom. The summed E-state index contributed by atoms with van der Waals surface area (Å²) in [7, 11) is 0. The van der Waals surface area contributed by atoms with Gasteiger partial charge in [-0.15, -0.1) is 0 Å². The van der Waals surface area contributed by atoms with Gasteiger partial charge in [-0.1, -0.05) is 35.0 Å². The summed E-state index contributed by atoms with van der Waals surface area (Å²) in [5.41, 5.74) is 7.23. The molecule has 0 bridgehead atoms. The summed E-state index contributed by atoms with van der Waals surface area (Å²) in [6, 6.07) is 7.53. The molecular weight excluding hydrogens is 266 g/mol. The molecule has 96 valence electrons. The third-order valence-electron chi connectivity index (χ3n) is 2.67. The first-order valence-corrected chi connectivity index (χ1v) is 5.97. The van der Waals surface area contributed by atoms with Crippen molar-refractivity contribution >= 4 is 17.4 Å². The molecule has 0 unspecified atom stereocenters. The van der Waals surface area contributed by atoms with E-state index >= 15 is 0 Å². The van der Waals surface area contributed by atoms with Crippen molar-refractivity contribution < 1.29 is 4.52 Å². The standard InChI is InChI=1S/C12H10ClN5O/c13-9-4-2-1-3-7(9)5-10-16-12(19-18-10)8-6-15-17-11(8)14/h1-4,6H,5H2,(H3,14,15,17). The minimum atomic E-state index is 0.341. The predicted molar refractivity (Wildman–Crippen MR) is 70.6 cm³/mol. The average molecular weight is 276 g/mol. The fourth-order valence-corrected chi connectivity index (χ4v) is 1.92. The van der Waals surface area contributed by atoms with Crippen molar-refractivity contribution in [1.82, 2.24) is 20.3 Å². The fourth-order valence-electron chi connectivity index (χ4n) is 1.71. The number of aromatic amines is 1. The van der Waals surface area contributed by atoms with E-state index in [2.05, 4.69) is 20.3 Å². The zero-order valence-electron chi connectivity index (χ0n) is 9.80. The van der Waals surface area contributed by atoms with Gasteiger partial charge in [0.2, 0.25) is 0 Å². The maximum Gasteiger partial charge on any atom is 0.263 e. The third-order valence-corrected chi connectivity index (χ3v) is 3.04. The SMILES string of the molecule is Nc1[nH]ncc1-c1nc(Cc2ccccc2Cl)no1. The lowest BCUT2D eigenvalue weighted by Crippen LogP contribution is -1.92. The number of hydrogen-bond donors (Lipinski definition) is 2. The topological polar surface area (TPSA) is 93.6 Å². The first kappa shape index (κ1) is 11.7. The molecular formula is C12H10ClN5O. The van der Waals surface area contributed by atoms with Crippen LogP contribution in [0, 0.1) is 0 Å². The molecule has 0 amide bonds. The van der Waals surface area contributed by atoms with Crippen molar-refractivity contribution in [3.8, 4) is 11.5 Å². The molecule has 0 saturated heterocycles. The zero-order chi connectivity index (χ0) is 13.2. The smallest absolute Gasteiger partial charge is 0.263 e. The lowest BCUT2D eigenvalue weighted by molar-refractivity contribution is 0.424. The highest BCUT2D eigenvalue weighted by molar-refractivity contribution is 6.31. The van der Waals surface area contributed by atoms with Crippen molar-refractivity contribution in [2.24, 2.45) is 0 Å². The van der Waals surface area contributed by atoms with Crippen LogP contribution in [0.2, 0.25) is 5.02 Å². The summed E-state index contributed by atoms with van der Waals surface area (Å²) >= 11 is 6.08. The predicted octanol–water partition coefficient (Wildman–Crippen LogP) is 2.29. The number of halogens is 1. The Labute approximate surface area is 113 Å². The van der Waals surface area contributed by atoms with Crippen LogP contribution in [0.5, 0.6) is 0 Å². The number of anilines is 1. The minimum Gasteiger partial charge on any atom is -0.383 e. The van der Waals surface area contributed by atoms with Gasteiger partial charge >= 0.3 is 0 Å². The van der Waals surface area contributed by atoms with Crippen molar-refractivity contribution in [2.45, 2.75) is 6.42 Å². The molecule has 0 radical (unpaired) electrons. The van der Waals surface area contributed by atoms with Crippen LogP contribution in [0.1, 0.15) is 11.4 Å². The molecule has 6 nitrogen and oxygen atoms in total. The van der Waals surface area contributed by atoms with Gasteiger partial charge in [-0.05, 0) is 11.6 Å². The van der Waals surface area contributed by atoms with Gasteiger partial charge in [0.15, 0.2) is 5.82 Å². The summed E-state index contributed by atoms with van der Waals surface area (Å²) < 4.78 is 5.16. The van der Waals surface area contributed by atoms with Crippen LogP contribution in [-0.4, -0.2) is 20.3 Å². The molecule has 0 aliphatic heterocycles. The largest absolute Gasteiger partial charge is 0.383 e. The van der Waals surface area contributed by atoms with Gasteiger partial charge in [-0.3, -0.25) is 5.10 Å². The Morgan fingerprint density at radius 1 is 1.32 bits per heavy atom. The molecule has 0 saturated carbocycles. The number of aromatic nitrogens is 4. The van der Waals surface area contributed by atoms with E-state index in [1.165, 1.54) is 0 Å². The second-order valence-electron chi connectivity index (χ2n) is 3.98. The van der Waals surface area contributed by atoms with Crippen LogP contribution >= 0.6 is 11.6 Å². The van der Waals surface area contributed by atoms with E-state index in [1.54, 1.807) is 6.20 Å². The summed E-state index contributed by atoms with van der Waals surface area (Å²) in [6.07, 6.45) is 2.04. The molecule has 0 atom stereocenters. The molecule has 3 aromatic rings. The monoisotopic (exact) mass is 275 g/mol. The summed E-state index contributed by atoms with van der Waals surface area (Å²) in [5, 5.41) is 11.0. The highest BCUT2D eigenvalue weighted by Gasteiger charge is 2.14. The lowest BCUT2D eigenvalue weighted by atomic mass is 10.1. The Morgan fingerprint density at radius 2 is 2.16 bits per heavy atom. The normalized spacial score (nSPS) is 10.8. The molecule has 3 N–H and O–H groups in total. The Bertz CT molecular complexity index is 705. The van der Waals surface area contributed by atoms with Gasteiger partial charge in [-0.25, -0.2) is 0 Å². The maximum absolute atomic E-state index is 6.08. The van der Waals surface area contributed by atoms with Crippen LogP contribution in [-0.2, 0) is 6.42 Å². The van der Waals surface area contributed by atoms with Gasteiger partial charge < -0.3 is 10.3 Å². The molecule has 0 fully saturated rings. The Hall–Kier alpha value is -2.34.